The molecule has 0 aliphatic rings. The first-order valence-electron chi connectivity index (χ1n) is 4.81. The summed E-state index contributed by atoms with van der Waals surface area (Å²) < 4.78 is 0. The number of rotatable bonds is 2. The standard InChI is InChI=1S/C11H14N2/c1-3-8-5-6-9-10(7-8)13-11(4-2)12-9/h5-7H,3-4H2,1-2H3,(H,12,13). The van der Waals surface area contributed by atoms with E-state index in [0.29, 0.717) is 0 Å². The van der Waals surface area contributed by atoms with Gasteiger partial charge < -0.3 is 4.98 Å². The lowest BCUT2D eigenvalue weighted by Crippen LogP contribution is -1.79. The van der Waals surface area contributed by atoms with Gasteiger partial charge in [0, 0.05) is 6.42 Å². The fourth-order valence-electron chi connectivity index (χ4n) is 1.49. The number of fused-ring (bicyclic) bond motifs is 1. The SMILES string of the molecule is CCc1ccc2[nH]c(CC)nc2c1. The van der Waals surface area contributed by atoms with Crippen LogP contribution in [0.5, 0.6) is 0 Å². The maximum absolute atomic E-state index is 4.48. The first-order chi connectivity index (χ1) is 6.33. The van der Waals surface area contributed by atoms with E-state index in [-0.39, 0.29) is 0 Å². The Labute approximate surface area is 78.0 Å². The molecule has 0 aliphatic heterocycles. The predicted octanol–water partition coefficient (Wildman–Crippen LogP) is 2.69. The minimum Gasteiger partial charge on any atom is -0.342 e. The smallest absolute Gasteiger partial charge is 0.106 e. The minimum absolute atomic E-state index is 0.968. The third-order valence-electron chi connectivity index (χ3n) is 2.34. The van der Waals surface area contributed by atoms with Crippen LogP contribution in [0.3, 0.4) is 0 Å². The molecule has 2 nitrogen and oxygen atoms in total. The summed E-state index contributed by atoms with van der Waals surface area (Å²) in [4.78, 5) is 7.77. The van der Waals surface area contributed by atoms with E-state index in [1.807, 2.05) is 0 Å². The van der Waals surface area contributed by atoms with Crippen molar-refractivity contribution in [3.63, 3.8) is 0 Å². The van der Waals surface area contributed by atoms with Crippen LogP contribution in [0, 0.1) is 0 Å². The molecule has 0 saturated carbocycles. The van der Waals surface area contributed by atoms with Crippen molar-refractivity contribution in [3.8, 4) is 0 Å². The molecule has 1 heterocycles. The van der Waals surface area contributed by atoms with Crippen molar-refractivity contribution in [2.75, 3.05) is 0 Å². The molecule has 0 aliphatic carbocycles. The Morgan fingerprint density at radius 3 is 2.77 bits per heavy atom. The number of nitrogens with one attached hydrogen (secondary N) is 1. The molecule has 13 heavy (non-hydrogen) atoms. The zero-order valence-corrected chi connectivity index (χ0v) is 8.09. The van der Waals surface area contributed by atoms with Gasteiger partial charge in [0.2, 0.25) is 0 Å². The Hall–Kier alpha value is -1.31. The van der Waals surface area contributed by atoms with Gasteiger partial charge in [-0.05, 0) is 24.1 Å². The molecule has 2 aromatic rings. The summed E-state index contributed by atoms with van der Waals surface area (Å²) in [6.45, 7) is 4.27. The van der Waals surface area contributed by atoms with Crippen LogP contribution in [0.2, 0.25) is 0 Å². The van der Waals surface area contributed by atoms with Crippen LogP contribution in [0.1, 0.15) is 25.2 Å². The summed E-state index contributed by atoms with van der Waals surface area (Å²) in [5.74, 6) is 1.07. The minimum atomic E-state index is 0.968. The maximum atomic E-state index is 4.48. The van der Waals surface area contributed by atoms with Gasteiger partial charge in [-0.3, -0.25) is 0 Å². The Balaban J connectivity index is 2.57. The van der Waals surface area contributed by atoms with Gasteiger partial charge in [-0.2, -0.15) is 0 Å². The second-order valence-corrected chi connectivity index (χ2v) is 3.24. The first-order valence-corrected chi connectivity index (χ1v) is 4.81. The van der Waals surface area contributed by atoms with E-state index in [1.54, 1.807) is 0 Å². The monoisotopic (exact) mass is 174 g/mol. The van der Waals surface area contributed by atoms with Crippen molar-refractivity contribution in [1.82, 2.24) is 9.97 Å². The van der Waals surface area contributed by atoms with E-state index in [4.69, 9.17) is 0 Å². The predicted molar refractivity (Wildman–Crippen MR) is 54.8 cm³/mol. The van der Waals surface area contributed by atoms with E-state index >= 15 is 0 Å². The van der Waals surface area contributed by atoms with E-state index < -0.39 is 0 Å². The molecule has 1 N–H and O–H groups in total. The number of H-pyrrole nitrogens is 1. The normalized spacial score (nSPS) is 10.9. The van der Waals surface area contributed by atoms with Crippen LogP contribution in [-0.4, -0.2) is 9.97 Å². The van der Waals surface area contributed by atoms with Gasteiger partial charge in [0.25, 0.3) is 0 Å². The number of aryl methyl sites for hydroxylation is 2. The van der Waals surface area contributed by atoms with E-state index in [2.05, 4.69) is 42.0 Å². The van der Waals surface area contributed by atoms with Gasteiger partial charge >= 0.3 is 0 Å². The summed E-state index contributed by atoms with van der Waals surface area (Å²) in [7, 11) is 0. The summed E-state index contributed by atoms with van der Waals surface area (Å²) >= 11 is 0. The van der Waals surface area contributed by atoms with Gasteiger partial charge in [-0.1, -0.05) is 19.9 Å². The Kier molecular flexibility index (Phi) is 2.05. The van der Waals surface area contributed by atoms with Gasteiger partial charge in [0.05, 0.1) is 11.0 Å². The highest BCUT2D eigenvalue weighted by molar-refractivity contribution is 5.75. The zero-order valence-electron chi connectivity index (χ0n) is 8.09. The average Bonchev–Trinajstić information content (AvgIpc) is 2.58. The molecule has 2 rings (SSSR count). The molecule has 0 amide bonds. The van der Waals surface area contributed by atoms with Crippen molar-refractivity contribution < 1.29 is 0 Å². The highest BCUT2D eigenvalue weighted by Gasteiger charge is 2.00. The third kappa shape index (κ3) is 1.44. The summed E-state index contributed by atoms with van der Waals surface area (Å²) in [5, 5.41) is 0. The van der Waals surface area contributed by atoms with Crippen molar-refractivity contribution in [1.29, 1.82) is 0 Å². The first kappa shape index (κ1) is 8.30. The third-order valence-corrected chi connectivity index (χ3v) is 2.34. The summed E-state index contributed by atoms with van der Waals surface area (Å²) in [6.07, 6.45) is 2.04. The van der Waals surface area contributed by atoms with E-state index in [9.17, 15) is 0 Å². The number of benzene rings is 1. The second kappa shape index (κ2) is 3.21. The molecule has 0 spiro atoms. The molecule has 0 saturated heterocycles. The lowest BCUT2D eigenvalue weighted by Gasteiger charge is -1.93. The molecule has 0 atom stereocenters. The van der Waals surface area contributed by atoms with Crippen molar-refractivity contribution in [3.05, 3.63) is 29.6 Å². The van der Waals surface area contributed by atoms with Crippen LogP contribution in [0.15, 0.2) is 18.2 Å². The number of hydrogen-bond donors (Lipinski definition) is 1. The number of aromatic nitrogens is 2. The van der Waals surface area contributed by atoms with Gasteiger partial charge in [0.1, 0.15) is 5.82 Å². The van der Waals surface area contributed by atoms with Crippen LogP contribution in [0.25, 0.3) is 11.0 Å². The van der Waals surface area contributed by atoms with Crippen LogP contribution >= 0.6 is 0 Å². The molecule has 0 fully saturated rings. The largest absolute Gasteiger partial charge is 0.342 e. The molecular formula is C11H14N2. The van der Waals surface area contributed by atoms with Crippen molar-refractivity contribution >= 4 is 11.0 Å². The Morgan fingerprint density at radius 1 is 1.23 bits per heavy atom. The maximum Gasteiger partial charge on any atom is 0.106 e. The zero-order chi connectivity index (χ0) is 9.26. The topological polar surface area (TPSA) is 28.7 Å². The molecule has 68 valence electrons. The van der Waals surface area contributed by atoms with E-state index in [1.165, 1.54) is 5.56 Å². The number of nitrogens with zero attached hydrogens (tertiary/aromatic N) is 1. The number of aromatic amines is 1. The van der Waals surface area contributed by atoms with Gasteiger partial charge in [0.15, 0.2) is 0 Å². The molecule has 0 bridgehead atoms. The van der Waals surface area contributed by atoms with E-state index in [0.717, 1.165) is 29.7 Å². The Bertz CT molecular complexity index is 413. The molecule has 1 aromatic carbocycles. The number of imidazole rings is 1. The van der Waals surface area contributed by atoms with Gasteiger partial charge in [-0.25, -0.2) is 4.98 Å². The quantitative estimate of drug-likeness (QED) is 0.745. The fraction of sp³-hybridized carbons (Fsp3) is 0.364. The van der Waals surface area contributed by atoms with Crippen LogP contribution in [-0.2, 0) is 12.8 Å². The Morgan fingerprint density at radius 2 is 2.08 bits per heavy atom. The van der Waals surface area contributed by atoms with Crippen LogP contribution < -0.4 is 0 Å². The highest BCUT2D eigenvalue weighted by Crippen LogP contribution is 2.14. The number of hydrogen-bond acceptors (Lipinski definition) is 1. The van der Waals surface area contributed by atoms with Crippen molar-refractivity contribution in [2.24, 2.45) is 0 Å². The molecule has 0 radical (unpaired) electrons. The molecule has 1 aromatic heterocycles. The fourth-order valence-corrected chi connectivity index (χ4v) is 1.49. The lowest BCUT2D eigenvalue weighted by atomic mass is 10.1. The lowest BCUT2D eigenvalue weighted by molar-refractivity contribution is 1.00. The molecular weight excluding hydrogens is 160 g/mol. The summed E-state index contributed by atoms with van der Waals surface area (Å²) in [6, 6.07) is 6.42. The summed E-state index contributed by atoms with van der Waals surface area (Å²) in [5.41, 5.74) is 3.59. The molecule has 0 unspecified atom stereocenters. The van der Waals surface area contributed by atoms with Crippen molar-refractivity contribution in [2.45, 2.75) is 26.7 Å². The second-order valence-electron chi connectivity index (χ2n) is 3.24. The molecule has 2 heteroatoms. The van der Waals surface area contributed by atoms with Crippen LogP contribution in [0.4, 0.5) is 0 Å². The average molecular weight is 174 g/mol. The highest BCUT2D eigenvalue weighted by atomic mass is 14.9. The van der Waals surface area contributed by atoms with Gasteiger partial charge in [-0.15, -0.1) is 0 Å².